The van der Waals surface area contributed by atoms with E-state index in [4.69, 9.17) is 4.74 Å². The zero-order valence-corrected chi connectivity index (χ0v) is 10.6. The van der Waals surface area contributed by atoms with Crippen LogP contribution in [0.4, 0.5) is 5.69 Å². The van der Waals surface area contributed by atoms with E-state index in [-0.39, 0.29) is 0 Å². The van der Waals surface area contributed by atoms with Crippen molar-refractivity contribution >= 4 is 5.69 Å². The van der Waals surface area contributed by atoms with E-state index in [0.717, 1.165) is 11.3 Å². The Hall–Kier alpha value is -1.10. The molecule has 1 rings (SSSR count). The van der Waals surface area contributed by atoms with Crippen molar-refractivity contribution < 1.29 is 14.9 Å². The SMILES string of the molecule is COCC(O)CN(C)c1ccc([C@@H](C)O)cc1. The number of benzene rings is 1. The van der Waals surface area contributed by atoms with E-state index >= 15 is 0 Å². The van der Waals surface area contributed by atoms with Crippen LogP contribution in [-0.2, 0) is 4.74 Å². The minimum atomic E-state index is -0.499. The normalized spacial score (nSPS) is 14.4. The van der Waals surface area contributed by atoms with E-state index < -0.39 is 12.2 Å². The predicted octanol–water partition coefficient (Wildman–Crippen LogP) is 1.18. The van der Waals surface area contributed by atoms with Crippen molar-refractivity contribution in [2.24, 2.45) is 0 Å². The van der Waals surface area contributed by atoms with Crippen molar-refractivity contribution in [1.82, 2.24) is 0 Å². The fourth-order valence-corrected chi connectivity index (χ4v) is 1.67. The molecule has 0 fully saturated rings. The Morgan fingerprint density at radius 1 is 1.24 bits per heavy atom. The standard InChI is InChI=1S/C13H21NO3/c1-10(15)11-4-6-12(7-5-11)14(2)8-13(16)9-17-3/h4-7,10,13,15-16H,8-9H2,1-3H3/t10-,13?/m1/s1. The zero-order chi connectivity index (χ0) is 12.8. The molecule has 0 radical (unpaired) electrons. The van der Waals surface area contributed by atoms with Crippen LogP contribution in [0.1, 0.15) is 18.6 Å². The minimum absolute atomic E-state index is 0.329. The molecule has 0 aromatic heterocycles. The number of aliphatic hydroxyl groups is 2. The highest BCUT2D eigenvalue weighted by atomic mass is 16.5. The van der Waals surface area contributed by atoms with Crippen LogP contribution in [0.15, 0.2) is 24.3 Å². The van der Waals surface area contributed by atoms with Gasteiger partial charge in [0.05, 0.1) is 18.8 Å². The monoisotopic (exact) mass is 239 g/mol. The second-order valence-corrected chi connectivity index (χ2v) is 4.26. The van der Waals surface area contributed by atoms with Crippen molar-refractivity contribution in [2.45, 2.75) is 19.1 Å². The van der Waals surface area contributed by atoms with Crippen LogP contribution in [0.25, 0.3) is 0 Å². The topological polar surface area (TPSA) is 52.9 Å². The van der Waals surface area contributed by atoms with Crippen LogP contribution in [0.2, 0.25) is 0 Å². The first-order chi connectivity index (χ1) is 8.04. The van der Waals surface area contributed by atoms with Gasteiger partial charge in [-0.25, -0.2) is 0 Å². The van der Waals surface area contributed by atoms with Crippen LogP contribution < -0.4 is 4.90 Å². The predicted molar refractivity (Wildman–Crippen MR) is 68.2 cm³/mol. The first-order valence-corrected chi connectivity index (χ1v) is 5.70. The third-order valence-electron chi connectivity index (χ3n) is 2.66. The molecule has 0 saturated carbocycles. The molecule has 0 bridgehead atoms. The van der Waals surface area contributed by atoms with Crippen LogP contribution in [0.5, 0.6) is 0 Å². The van der Waals surface area contributed by atoms with Crippen molar-refractivity contribution in [3.05, 3.63) is 29.8 Å². The average Bonchev–Trinajstić information content (AvgIpc) is 2.29. The maximum absolute atomic E-state index is 9.62. The molecule has 96 valence electrons. The molecule has 0 heterocycles. The Balaban J connectivity index is 2.60. The lowest BCUT2D eigenvalue weighted by molar-refractivity contribution is 0.0695. The first kappa shape index (κ1) is 14.0. The molecule has 0 spiro atoms. The molecular formula is C13H21NO3. The highest BCUT2D eigenvalue weighted by Crippen LogP contribution is 2.18. The molecule has 0 aliphatic heterocycles. The Kier molecular flexibility index (Phi) is 5.41. The largest absolute Gasteiger partial charge is 0.389 e. The summed E-state index contributed by atoms with van der Waals surface area (Å²) in [6.45, 7) is 2.58. The Morgan fingerprint density at radius 2 is 1.82 bits per heavy atom. The second kappa shape index (κ2) is 6.59. The van der Waals surface area contributed by atoms with Crippen LogP contribution in [0, 0.1) is 0 Å². The van der Waals surface area contributed by atoms with E-state index in [9.17, 15) is 10.2 Å². The van der Waals surface area contributed by atoms with E-state index in [1.165, 1.54) is 0 Å². The van der Waals surface area contributed by atoms with E-state index in [1.807, 2.05) is 36.2 Å². The van der Waals surface area contributed by atoms with Gasteiger partial charge in [0.2, 0.25) is 0 Å². The molecule has 4 heteroatoms. The van der Waals surface area contributed by atoms with Crippen molar-refractivity contribution in [2.75, 3.05) is 32.2 Å². The maximum atomic E-state index is 9.62. The summed E-state index contributed by atoms with van der Waals surface area (Å²) in [7, 11) is 3.48. The summed E-state index contributed by atoms with van der Waals surface area (Å²) in [5.41, 5.74) is 1.89. The quantitative estimate of drug-likeness (QED) is 0.783. The van der Waals surface area contributed by atoms with Gasteiger partial charge in [0.15, 0.2) is 0 Å². The molecule has 2 atom stereocenters. The van der Waals surface area contributed by atoms with Crippen molar-refractivity contribution in [3.8, 4) is 0 Å². The van der Waals surface area contributed by atoms with Gasteiger partial charge in [-0.2, -0.15) is 0 Å². The smallest absolute Gasteiger partial charge is 0.0947 e. The van der Waals surface area contributed by atoms with Gasteiger partial charge in [-0.1, -0.05) is 12.1 Å². The molecular weight excluding hydrogens is 218 g/mol. The summed E-state index contributed by atoms with van der Waals surface area (Å²) in [6.07, 6.45) is -0.949. The number of hydrogen-bond acceptors (Lipinski definition) is 4. The van der Waals surface area contributed by atoms with Gasteiger partial charge in [0, 0.05) is 26.4 Å². The van der Waals surface area contributed by atoms with E-state index in [1.54, 1.807) is 14.0 Å². The van der Waals surface area contributed by atoms with Crippen LogP contribution in [0.3, 0.4) is 0 Å². The molecule has 1 aromatic rings. The van der Waals surface area contributed by atoms with Crippen LogP contribution >= 0.6 is 0 Å². The van der Waals surface area contributed by atoms with Gasteiger partial charge < -0.3 is 19.8 Å². The summed E-state index contributed by atoms with van der Waals surface area (Å²) in [5, 5.41) is 19.0. The lowest BCUT2D eigenvalue weighted by Crippen LogP contribution is -2.31. The number of rotatable bonds is 6. The molecule has 17 heavy (non-hydrogen) atoms. The van der Waals surface area contributed by atoms with Gasteiger partial charge in [-0.3, -0.25) is 0 Å². The fraction of sp³-hybridized carbons (Fsp3) is 0.538. The molecule has 2 N–H and O–H groups in total. The van der Waals surface area contributed by atoms with E-state index in [2.05, 4.69) is 0 Å². The van der Waals surface area contributed by atoms with Gasteiger partial charge in [-0.05, 0) is 24.6 Å². The minimum Gasteiger partial charge on any atom is -0.389 e. The molecule has 4 nitrogen and oxygen atoms in total. The summed E-state index contributed by atoms with van der Waals surface area (Å²) < 4.78 is 4.88. The van der Waals surface area contributed by atoms with Gasteiger partial charge in [0.1, 0.15) is 0 Å². The Labute approximate surface area is 102 Å². The number of ether oxygens (including phenoxy) is 1. The fourth-order valence-electron chi connectivity index (χ4n) is 1.67. The zero-order valence-electron chi connectivity index (χ0n) is 10.6. The van der Waals surface area contributed by atoms with Crippen molar-refractivity contribution in [3.63, 3.8) is 0 Å². The molecule has 0 aliphatic carbocycles. The summed E-state index contributed by atoms with van der Waals surface area (Å²) in [6, 6.07) is 7.64. The number of likely N-dealkylation sites (N-methyl/N-ethyl adjacent to an activating group) is 1. The van der Waals surface area contributed by atoms with Crippen molar-refractivity contribution in [1.29, 1.82) is 0 Å². The molecule has 0 saturated heterocycles. The second-order valence-electron chi connectivity index (χ2n) is 4.26. The van der Waals surface area contributed by atoms with Gasteiger partial charge >= 0.3 is 0 Å². The lowest BCUT2D eigenvalue weighted by Gasteiger charge is -2.22. The summed E-state index contributed by atoms with van der Waals surface area (Å²) in [4.78, 5) is 1.95. The number of hydrogen-bond donors (Lipinski definition) is 2. The number of aliphatic hydroxyl groups excluding tert-OH is 2. The van der Waals surface area contributed by atoms with Gasteiger partial charge in [-0.15, -0.1) is 0 Å². The maximum Gasteiger partial charge on any atom is 0.0947 e. The Morgan fingerprint density at radius 3 is 2.29 bits per heavy atom. The number of methoxy groups -OCH3 is 1. The van der Waals surface area contributed by atoms with Crippen LogP contribution in [-0.4, -0.2) is 43.6 Å². The highest BCUT2D eigenvalue weighted by Gasteiger charge is 2.09. The highest BCUT2D eigenvalue weighted by molar-refractivity contribution is 5.47. The molecule has 0 aliphatic rings. The first-order valence-electron chi connectivity index (χ1n) is 5.70. The third kappa shape index (κ3) is 4.34. The average molecular weight is 239 g/mol. The number of nitrogens with zero attached hydrogens (tertiary/aromatic N) is 1. The summed E-state index contributed by atoms with van der Waals surface area (Å²) in [5.74, 6) is 0. The Bertz CT molecular complexity index is 324. The van der Waals surface area contributed by atoms with Gasteiger partial charge in [0.25, 0.3) is 0 Å². The third-order valence-corrected chi connectivity index (χ3v) is 2.66. The lowest BCUT2D eigenvalue weighted by atomic mass is 10.1. The number of anilines is 1. The molecule has 1 unspecified atom stereocenters. The van der Waals surface area contributed by atoms with E-state index in [0.29, 0.717) is 13.2 Å². The molecule has 1 aromatic carbocycles. The summed E-state index contributed by atoms with van der Waals surface area (Å²) >= 11 is 0. The molecule has 0 amide bonds.